The number of nitrogens with one attached hydrogen (secondary N) is 2. The molecule has 0 saturated heterocycles. The molecule has 1 aromatic carbocycles. The fraction of sp³-hybridized carbons (Fsp3) is 0.111. The molecule has 20 heavy (non-hydrogen) atoms. The Hall–Kier alpha value is -2.66. The molecule has 98 valence electrons. The fourth-order valence-electron chi connectivity index (χ4n) is 2.23. The Bertz CT molecular complexity index is 776. The Morgan fingerprint density at radius 3 is 3.05 bits per heavy atom. The van der Waals surface area contributed by atoms with Crippen LogP contribution in [0.3, 0.4) is 0 Å². The summed E-state index contributed by atoms with van der Waals surface area (Å²) in [6, 6.07) is 8.30. The normalized spacial score (nSPS) is 16.2. The Kier molecular flexibility index (Phi) is 3.43. The van der Waals surface area contributed by atoms with Gasteiger partial charge in [0.2, 0.25) is 0 Å². The second kappa shape index (κ2) is 5.54. The highest BCUT2D eigenvalue weighted by molar-refractivity contribution is 5.80. The zero-order chi connectivity index (χ0) is 13.8. The van der Waals surface area contributed by atoms with E-state index in [1.807, 2.05) is 25.4 Å². The van der Waals surface area contributed by atoms with Crippen LogP contribution >= 0.6 is 0 Å². The Labute approximate surface area is 118 Å². The van der Waals surface area contributed by atoms with Gasteiger partial charge in [0.05, 0.1) is 0 Å². The first-order valence-corrected chi connectivity index (χ1v) is 6.72. The lowest BCUT2D eigenvalue weighted by Gasteiger charge is -1.97. The van der Waals surface area contributed by atoms with Crippen molar-refractivity contribution in [1.82, 2.24) is 10.3 Å². The molecule has 1 aromatic heterocycles. The van der Waals surface area contributed by atoms with Crippen molar-refractivity contribution in [3.05, 3.63) is 71.6 Å². The van der Waals surface area contributed by atoms with Gasteiger partial charge in [-0.1, -0.05) is 30.1 Å². The minimum atomic E-state index is 0.851. The van der Waals surface area contributed by atoms with E-state index in [4.69, 9.17) is 0 Å². The van der Waals surface area contributed by atoms with Gasteiger partial charge in [0.15, 0.2) is 0 Å². The number of aromatic nitrogens is 1. The summed E-state index contributed by atoms with van der Waals surface area (Å²) in [6.07, 6.45) is 10.1. The molecule has 1 aliphatic rings. The molecule has 1 aliphatic heterocycles. The maximum Gasteiger partial charge on any atom is 0.0466 e. The van der Waals surface area contributed by atoms with Gasteiger partial charge >= 0.3 is 0 Å². The third-order valence-corrected chi connectivity index (χ3v) is 3.27. The van der Waals surface area contributed by atoms with Crippen LogP contribution in [-0.4, -0.2) is 11.5 Å². The SMILES string of the molecule is C/C=C\C(C#Cc1ccc2cc[nH]c2c1)=C1\C=CNC1. The molecule has 0 saturated carbocycles. The largest absolute Gasteiger partial charge is 0.387 e. The lowest BCUT2D eigenvalue weighted by Crippen LogP contribution is -2.01. The topological polar surface area (TPSA) is 27.8 Å². The molecule has 0 atom stereocenters. The number of hydrogen-bond donors (Lipinski definition) is 2. The highest BCUT2D eigenvalue weighted by Gasteiger charge is 2.02. The van der Waals surface area contributed by atoms with Crippen LogP contribution in [0.4, 0.5) is 0 Å². The molecule has 0 bridgehead atoms. The van der Waals surface area contributed by atoms with E-state index in [1.54, 1.807) is 0 Å². The van der Waals surface area contributed by atoms with Crippen LogP contribution in [0.25, 0.3) is 10.9 Å². The average Bonchev–Trinajstić information content (AvgIpc) is 3.13. The lowest BCUT2D eigenvalue weighted by molar-refractivity contribution is 1.00. The van der Waals surface area contributed by atoms with Crippen LogP contribution in [0.5, 0.6) is 0 Å². The number of benzene rings is 1. The number of hydrogen-bond acceptors (Lipinski definition) is 1. The molecule has 2 nitrogen and oxygen atoms in total. The van der Waals surface area contributed by atoms with Gasteiger partial charge in [0.25, 0.3) is 0 Å². The van der Waals surface area contributed by atoms with Gasteiger partial charge < -0.3 is 10.3 Å². The van der Waals surface area contributed by atoms with Crippen molar-refractivity contribution >= 4 is 10.9 Å². The predicted octanol–water partition coefficient (Wildman–Crippen LogP) is 3.51. The molecule has 0 amide bonds. The molecule has 2 heterocycles. The first kappa shape index (κ1) is 12.4. The number of H-pyrrole nitrogens is 1. The highest BCUT2D eigenvalue weighted by atomic mass is 14.8. The predicted molar refractivity (Wildman–Crippen MR) is 84.2 cm³/mol. The second-order valence-corrected chi connectivity index (χ2v) is 4.68. The van der Waals surface area contributed by atoms with Crippen LogP contribution in [0.15, 0.2) is 66.0 Å². The van der Waals surface area contributed by atoms with E-state index in [2.05, 4.69) is 58.6 Å². The number of fused-ring (bicyclic) bond motifs is 1. The van der Waals surface area contributed by atoms with E-state index in [9.17, 15) is 0 Å². The molecule has 2 N–H and O–H groups in total. The van der Waals surface area contributed by atoms with Crippen molar-refractivity contribution in [1.29, 1.82) is 0 Å². The van der Waals surface area contributed by atoms with Crippen molar-refractivity contribution in [3.63, 3.8) is 0 Å². The minimum absolute atomic E-state index is 0.851. The van der Waals surface area contributed by atoms with E-state index < -0.39 is 0 Å². The first-order chi connectivity index (χ1) is 9.86. The molecule has 0 radical (unpaired) electrons. The number of allylic oxidation sites excluding steroid dienone is 3. The Morgan fingerprint density at radius 1 is 1.30 bits per heavy atom. The first-order valence-electron chi connectivity index (χ1n) is 6.72. The minimum Gasteiger partial charge on any atom is -0.387 e. The van der Waals surface area contributed by atoms with Crippen LogP contribution in [0.1, 0.15) is 12.5 Å². The van der Waals surface area contributed by atoms with Gasteiger partial charge in [-0.2, -0.15) is 0 Å². The molecular weight excluding hydrogens is 244 g/mol. The molecular formula is C18H16N2. The molecule has 0 unspecified atom stereocenters. The van der Waals surface area contributed by atoms with Gasteiger partial charge in [-0.25, -0.2) is 0 Å². The smallest absolute Gasteiger partial charge is 0.0466 e. The van der Waals surface area contributed by atoms with E-state index in [0.29, 0.717) is 0 Å². The van der Waals surface area contributed by atoms with Gasteiger partial charge in [-0.15, -0.1) is 0 Å². The summed E-state index contributed by atoms with van der Waals surface area (Å²) in [7, 11) is 0. The third-order valence-electron chi connectivity index (χ3n) is 3.27. The molecule has 0 fully saturated rings. The van der Waals surface area contributed by atoms with E-state index in [-0.39, 0.29) is 0 Å². The fourth-order valence-corrected chi connectivity index (χ4v) is 2.23. The van der Waals surface area contributed by atoms with E-state index in [1.165, 1.54) is 11.0 Å². The zero-order valence-corrected chi connectivity index (χ0v) is 11.4. The summed E-state index contributed by atoms with van der Waals surface area (Å²) >= 11 is 0. The Morgan fingerprint density at radius 2 is 2.25 bits per heavy atom. The van der Waals surface area contributed by atoms with E-state index in [0.717, 1.165) is 23.2 Å². The van der Waals surface area contributed by atoms with Crippen molar-refractivity contribution in [3.8, 4) is 11.8 Å². The summed E-state index contributed by atoms with van der Waals surface area (Å²) in [5, 5.41) is 4.40. The Balaban J connectivity index is 1.96. The maximum atomic E-state index is 3.27. The zero-order valence-electron chi connectivity index (χ0n) is 11.4. The molecule has 0 spiro atoms. The van der Waals surface area contributed by atoms with Crippen LogP contribution in [0.2, 0.25) is 0 Å². The number of aromatic amines is 1. The van der Waals surface area contributed by atoms with Gasteiger partial charge in [0, 0.05) is 29.4 Å². The lowest BCUT2D eigenvalue weighted by atomic mass is 10.1. The quantitative estimate of drug-likeness (QED) is 0.754. The van der Waals surface area contributed by atoms with Crippen LogP contribution < -0.4 is 5.32 Å². The second-order valence-electron chi connectivity index (χ2n) is 4.68. The summed E-state index contributed by atoms with van der Waals surface area (Å²) in [5.74, 6) is 6.52. The van der Waals surface area contributed by atoms with Gasteiger partial charge in [-0.05, 0) is 48.4 Å². The monoisotopic (exact) mass is 260 g/mol. The third kappa shape index (κ3) is 2.53. The van der Waals surface area contributed by atoms with Gasteiger partial charge in [0.1, 0.15) is 0 Å². The molecule has 3 rings (SSSR count). The summed E-state index contributed by atoms with van der Waals surface area (Å²) in [5.41, 5.74) is 4.45. The summed E-state index contributed by atoms with van der Waals surface area (Å²) in [6.45, 7) is 2.86. The van der Waals surface area contributed by atoms with Crippen LogP contribution in [0, 0.1) is 11.8 Å². The highest BCUT2D eigenvalue weighted by Crippen LogP contribution is 2.14. The number of rotatable bonds is 1. The molecule has 0 aliphatic carbocycles. The maximum absolute atomic E-state index is 3.27. The standard InChI is InChI=1S/C18H16N2/c1-2-3-15(17-8-10-19-13-17)6-4-14-5-7-16-9-11-20-18(16)12-14/h2-3,5,7-12,19-20H,13H2,1H3/b3-2-,17-15+. The van der Waals surface area contributed by atoms with E-state index >= 15 is 0 Å². The van der Waals surface area contributed by atoms with Crippen molar-refractivity contribution in [2.75, 3.05) is 6.54 Å². The van der Waals surface area contributed by atoms with Crippen molar-refractivity contribution < 1.29 is 0 Å². The average molecular weight is 260 g/mol. The van der Waals surface area contributed by atoms with Crippen molar-refractivity contribution in [2.24, 2.45) is 0 Å². The van der Waals surface area contributed by atoms with Gasteiger partial charge in [-0.3, -0.25) is 0 Å². The molecule has 2 heteroatoms. The summed E-state index contributed by atoms with van der Waals surface area (Å²) in [4.78, 5) is 3.21. The molecule has 2 aromatic rings. The van der Waals surface area contributed by atoms with Crippen LogP contribution in [-0.2, 0) is 0 Å². The summed E-state index contributed by atoms with van der Waals surface area (Å²) < 4.78 is 0. The van der Waals surface area contributed by atoms with Crippen molar-refractivity contribution in [2.45, 2.75) is 6.92 Å².